The fourth-order valence-corrected chi connectivity index (χ4v) is 3.68. The van der Waals surface area contributed by atoms with Crippen LogP contribution >= 0.6 is 0 Å². The van der Waals surface area contributed by atoms with Crippen molar-refractivity contribution in [2.45, 2.75) is 52.9 Å². The van der Waals surface area contributed by atoms with E-state index in [9.17, 15) is 4.79 Å². The molecule has 2 aliphatic carbocycles. The first-order valence-corrected chi connectivity index (χ1v) is 7.39. The van der Waals surface area contributed by atoms with Crippen LogP contribution in [0.3, 0.4) is 0 Å². The van der Waals surface area contributed by atoms with Crippen LogP contribution in [0.5, 0.6) is 0 Å². The number of hydrogen-bond acceptors (Lipinski definition) is 2. The zero-order valence-corrected chi connectivity index (χ0v) is 12.5. The highest BCUT2D eigenvalue weighted by molar-refractivity contribution is 5.66. The minimum Gasteiger partial charge on any atom is -0.461 e. The number of carbonyl (C=O) groups is 1. The zero-order chi connectivity index (χ0) is 14.0. The third-order valence-corrected chi connectivity index (χ3v) is 4.90. The Morgan fingerprint density at radius 2 is 2.21 bits per heavy atom. The minimum absolute atomic E-state index is 0.188. The number of esters is 1. The van der Waals surface area contributed by atoms with Crippen LogP contribution in [0.15, 0.2) is 23.8 Å². The van der Waals surface area contributed by atoms with E-state index >= 15 is 0 Å². The molecular weight excluding hydrogens is 236 g/mol. The molecule has 0 saturated heterocycles. The van der Waals surface area contributed by atoms with Crippen molar-refractivity contribution in [2.75, 3.05) is 6.61 Å². The second kappa shape index (κ2) is 5.52. The van der Waals surface area contributed by atoms with Gasteiger partial charge in [-0.3, -0.25) is 4.79 Å². The summed E-state index contributed by atoms with van der Waals surface area (Å²) >= 11 is 0. The Balaban J connectivity index is 2.01. The number of fused-ring (bicyclic) bond motifs is 1. The average molecular weight is 262 g/mol. The molecular formula is C17H26O2. The molecule has 0 aromatic rings. The number of hydrogen-bond donors (Lipinski definition) is 0. The summed E-state index contributed by atoms with van der Waals surface area (Å²) in [7, 11) is 0. The average Bonchev–Trinajstić information content (AvgIpc) is 2.37. The van der Waals surface area contributed by atoms with Crippen molar-refractivity contribution < 1.29 is 9.53 Å². The molecule has 2 rings (SSSR count). The topological polar surface area (TPSA) is 26.3 Å². The minimum atomic E-state index is -0.188. The van der Waals surface area contributed by atoms with E-state index in [-0.39, 0.29) is 5.97 Å². The second-order valence-electron chi connectivity index (χ2n) is 6.78. The lowest BCUT2D eigenvalue weighted by molar-refractivity contribution is -0.140. The third-order valence-electron chi connectivity index (χ3n) is 4.90. The molecule has 0 aliphatic heterocycles. The van der Waals surface area contributed by atoms with Gasteiger partial charge in [0.1, 0.15) is 6.61 Å². The smallest absolute Gasteiger partial charge is 0.302 e. The van der Waals surface area contributed by atoms with E-state index in [1.165, 1.54) is 30.9 Å². The van der Waals surface area contributed by atoms with Crippen LogP contribution in [0, 0.1) is 17.3 Å². The summed E-state index contributed by atoms with van der Waals surface area (Å²) in [5, 5.41) is 0. The number of allylic oxidation sites excluding steroid dienone is 2. The number of rotatable bonds is 2. The predicted molar refractivity (Wildman–Crippen MR) is 77.7 cm³/mol. The van der Waals surface area contributed by atoms with Crippen molar-refractivity contribution in [2.24, 2.45) is 17.3 Å². The van der Waals surface area contributed by atoms with Gasteiger partial charge in [0.2, 0.25) is 0 Å². The molecule has 0 amide bonds. The molecule has 2 heteroatoms. The molecule has 19 heavy (non-hydrogen) atoms. The first kappa shape index (κ1) is 14.4. The lowest BCUT2D eigenvalue weighted by Crippen LogP contribution is -2.44. The van der Waals surface area contributed by atoms with Gasteiger partial charge in [-0.2, -0.15) is 0 Å². The van der Waals surface area contributed by atoms with Crippen LogP contribution in [0.1, 0.15) is 52.9 Å². The zero-order valence-electron chi connectivity index (χ0n) is 12.5. The van der Waals surface area contributed by atoms with E-state index in [0.29, 0.717) is 12.0 Å². The molecule has 2 aliphatic rings. The van der Waals surface area contributed by atoms with Crippen molar-refractivity contribution in [1.82, 2.24) is 0 Å². The summed E-state index contributed by atoms with van der Waals surface area (Å²) in [5.74, 6) is 1.28. The highest BCUT2D eigenvalue weighted by atomic mass is 16.5. The highest BCUT2D eigenvalue weighted by Gasteiger charge is 2.47. The fraction of sp³-hybridized carbons (Fsp3) is 0.706. The number of carbonyl (C=O) groups excluding carboxylic acids is 1. The van der Waals surface area contributed by atoms with Crippen molar-refractivity contribution in [3.05, 3.63) is 23.8 Å². The Morgan fingerprint density at radius 1 is 1.47 bits per heavy atom. The van der Waals surface area contributed by atoms with E-state index < -0.39 is 0 Å². The lowest BCUT2D eigenvalue weighted by Gasteiger charge is -2.53. The summed E-state index contributed by atoms with van der Waals surface area (Å²) in [5.41, 5.74) is 3.16. The van der Waals surface area contributed by atoms with E-state index in [4.69, 9.17) is 4.74 Å². The van der Waals surface area contributed by atoms with Gasteiger partial charge in [-0.05, 0) is 54.9 Å². The van der Waals surface area contributed by atoms with Gasteiger partial charge in [0.25, 0.3) is 0 Å². The SMILES string of the molecule is C=C1CC/C=C(\COC(C)=O)CC[C@@H]2[C@@H]1CC2(C)C. The van der Waals surface area contributed by atoms with Crippen LogP contribution in [0.25, 0.3) is 0 Å². The maximum absolute atomic E-state index is 10.9. The Hall–Kier alpha value is -1.05. The standard InChI is InChI=1S/C17H26O2/c1-12-6-5-7-14(11-19-13(2)18)8-9-16-15(12)10-17(16,3)4/h7,15-16H,1,5-6,8-11H2,2-4H3/b14-7-/t15-,16-/m1/s1. The van der Waals surface area contributed by atoms with Crippen LogP contribution in [0.2, 0.25) is 0 Å². The van der Waals surface area contributed by atoms with Crippen LogP contribution in [0.4, 0.5) is 0 Å². The first-order valence-electron chi connectivity index (χ1n) is 7.39. The molecule has 2 nitrogen and oxygen atoms in total. The molecule has 0 heterocycles. The Morgan fingerprint density at radius 3 is 2.84 bits per heavy atom. The van der Waals surface area contributed by atoms with Crippen LogP contribution in [-0.4, -0.2) is 12.6 Å². The van der Waals surface area contributed by atoms with Crippen LogP contribution < -0.4 is 0 Å². The van der Waals surface area contributed by atoms with Gasteiger partial charge in [-0.1, -0.05) is 32.1 Å². The van der Waals surface area contributed by atoms with E-state index in [2.05, 4.69) is 26.5 Å². The molecule has 1 saturated carbocycles. The predicted octanol–water partition coefficient (Wildman–Crippen LogP) is 4.27. The van der Waals surface area contributed by atoms with Crippen molar-refractivity contribution >= 4 is 5.97 Å². The lowest BCUT2D eigenvalue weighted by atomic mass is 9.52. The van der Waals surface area contributed by atoms with Crippen LogP contribution in [-0.2, 0) is 9.53 Å². The third kappa shape index (κ3) is 3.29. The molecule has 0 aromatic carbocycles. The van der Waals surface area contributed by atoms with E-state index in [1.54, 1.807) is 0 Å². The summed E-state index contributed by atoms with van der Waals surface area (Å²) in [6, 6.07) is 0. The monoisotopic (exact) mass is 262 g/mol. The van der Waals surface area contributed by atoms with Gasteiger partial charge in [0.15, 0.2) is 0 Å². The Kier molecular flexibility index (Phi) is 4.17. The van der Waals surface area contributed by atoms with Crippen molar-refractivity contribution in [3.63, 3.8) is 0 Å². The molecule has 2 atom stereocenters. The molecule has 0 N–H and O–H groups in total. The highest BCUT2D eigenvalue weighted by Crippen LogP contribution is 2.56. The van der Waals surface area contributed by atoms with Gasteiger partial charge in [-0.15, -0.1) is 0 Å². The normalized spacial score (nSPS) is 32.8. The second-order valence-corrected chi connectivity index (χ2v) is 6.78. The summed E-state index contributed by atoms with van der Waals surface area (Å²) < 4.78 is 5.15. The van der Waals surface area contributed by atoms with E-state index in [0.717, 1.165) is 31.1 Å². The molecule has 106 valence electrons. The van der Waals surface area contributed by atoms with Crippen molar-refractivity contribution in [3.8, 4) is 0 Å². The molecule has 0 spiro atoms. The molecule has 1 fully saturated rings. The summed E-state index contributed by atoms with van der Waals surface area (Å²) in [4.78, 5) is 10.9. The van der Waals surface area contributed by atoms with E-state index in [1.807, 2.05) is 0 Å². The Labute approximate surface area is 116 Å². The largest absolute Gasteiger partial charge is 0.461 e. The first-order chi connectivity index (χ1) is 8.90. The maximum Gasteiger partial charge on any atom is 0.302 e. The summed E-state index contributed by atoms with van der Waals surface area (Å²) in [6.07, 6.45) is 7.93. The quantitative estimate of drug-likeness (QED) is 0.549. The van der Waals surface area contributed by atoms with Gasteiger partial charge in [0, 0.05) is 6.92 Å². The van der Waals surface area contributed by atoms with Gasteiger partial charge in [-0.25, -0.2) is 0 Å². The van der Waals surface area contributed by atoms with Gasteiger partial charge < -0.3 is 4.74 Å². The Bertz CT molecular complexity index is 403. The number of ether oxygens (including phenoxy) is 1. The van der Waals surface area contributed by atoms with Crippen molar-refractivity contribution in [1.29, 1.82) is 0 Å². The summed E-state index contributed by atoms with van der Waals surface area (Å²) in [6.45, 7) is 11.0. The maximum atomic E-state index is 10.9. The van der Waals surface area contributed by atoms with Gasteiger partial charge in [0.05, 0.1) is 0 Å². The molecule has 0 radical (unpaired) electrons. The molecule has 0 unspecified atom stereocenters. The van der Waals surface area contributed by atoms with Gasteiger partial charge >= 0.3 is 5.97 Å². The fourth-order valence-electron chi connectivity index (χ4n) is 3.68. The molecule has 0 aromatic heterocycles. The molecule has 0 bridgehead atoms.